The smallest absolute Gasteiger partial charge is 0.426 e. The highest BCUT2D eigenvalue weighted by Crippen LogP contribution is 2.05. The minimum atomic E-state index is -0.736. The van der Waals surface area contributed by atoms with Gasteiger partial charge in [-0.15, -0.1) is 0 Å². The van der Waals surface area contributed by atoms with Crippen LogP contribution in [0, 0.1) is 0 Å². The lowest BCUT2D eigenvalue weighted by Crippen LogP contribution is -2.48. The third-order valence-electron chi connectivity index (χ3n) is 4.12. The fraction of sp³-hybridized carbons (Fsp3) is 0.625. The fourth-order valence-electron chi connectivity index (χ4n) is 2.51. The number of hydrogen-bond acceptors (Lipinski definition) is 8. The number of hydrogen-bond donors (Lipinski definition) is 4. The highest BCUT2D eigenvalue weighted by molar-refractivity contribution is 5.77. The van der Waals surface area contributed by atoms with Gasteiger partial charge in [0, 0.05) is 26.3 Å². The summed E-state index contributed by atoms with van der Waals surface area (Å²) < 4.78 is 26.4. The minimum Gasteiger partial charge on any atom is -0.445 e. The van der Waals surface area contributed by atoms with E-state index in [0.29, 0.717) is 65.6 Å². The Balaban J connectivity index is 1.79. The highest BCUT2D eigenvalue weighted by atomic mass is 16.6. The van der Waals surface area contributed by atoms with Crippen LogP contribution in [-0.2, 0) is 30.3 Å². The maximum Gasteiger partial charge on any atom is 0.426 e. The van der Waals surface area contributed by atoms with Crippen LogP contribution < -0.4 is 21.5 Å². The molecule has 0 aliphatic carbocycles. The summed E-state index contributed by atoms with van der Waals surface area (Å²) in [6, 6.07) is 8.95. The SMILES string of the molecule is CC(C)(C)OC(=O)NNC(=O)NCCCOCCOCCOCCCNC(=O)OCc1ccccc1. The molecule has 1 aromatic rings. The van der Waals surface area contributed by atoms with Gasteiger partial charge >= 0.3 is 18.2 Å². The predicted molar refractivity (Wildman–Crippen MR) is 132 cm³/mol. The molecule has 0 aliphatic heterocycles. The zero-order valence-corrected chi connectivity index (χ0v) is 21.4. The van der Waals surface area contributed by atoms with Crippen LogP contribution in [-0.4, -0.2) is 76.5 Å². The molecule has 0 radical (unpaired) electrons. The summed E-state index contributed by atoms with van der Waals surface area (Å²) in [6.45, 7) is 9.01. The molecule has 0 aromatic heterocycles. The number of hydrazine groups is 1. The highest BCUT2D eigenvalue weighted by Gasteiger charge is 2.16. The molecular weight excluding hydrogens is 472 g/mol. The second kappa shape index (κ2) is 19.1. The number of rotatable bonds is 16. The molecule has 12 nitrogen and oxygen atoms in total. The molecule has 0 bridgehead atoms. The molecule has 1 rings (SSSR count). The fourth-order valence-corrected chi connectivity index (χ4v) is 2.51. The summed E-state index contributed by atoms with van der Waals surface area (Å²) >= 11 is 0. The third-order valence-corrected chi connectivity index (χ3v) is 4.12. The van der Waals surface area contributed by atoms with Crippen molar-refractivity contribution in [2.24, 2.45) is 0 Å². The summed E-state index contributed by atoms with van der Waals surface area (Å²) in [5, 5.41) is 5.26. The first-order valence-corrected chi connectivity index (χ1v) is 12.0. The van der Waals surface area contributed by atoms with E-state index in [1.54, 1.807) is 20.8 Å². The van der Waals surface area contributed by atoms with E-state index in [4.69, 9.17) is 23.7 Å². The molecule has 204 valence electrons. The van der Waals surface area contributed by atoms with Gasteiger partial charge in [0.1, 0.15) is 12.2 Å². The van der Waals surface area contributed by atoms with E-state index in [0.717, 1.165) is 5.56 Å². The van der Waals surface area contributed by atoms with E-state index >= 15 is 0 Å². The molecule has 1 aromatic carbocycles. The molecule has 0 saturated heterocycles. The number of amides is 4. The van der Waals surface area contributed by atoms with E-state index in [1.807, 2.05) is 30.3 Å². The second-order valence-corrected chi connectivity index (χ2v) is 8.54. The van der Waals surface area contributed by atoms with Gasteiger partial charge in [-0.25, -0.2) is 25.2 Å². The average Bonchev–Trinajstić information content (AvgIpc) is 2.83. The Hall–Kier alpha value is -3.09. The van der Waals surface area contributed by atoms with Crippen molar-refractivity contribution in [3.63, 3.8) is 0 Å². The monoisotopic (exact) mass is 512 g/mol. The largest absolute Gasteiger partial charge is 0.445 e. The average molecular weight is 513 g/mol. The van der Waals surface area contributed by atoms with E-state index in [1.165, 1.54) is 0 Å². The Kier molecular flexibility index (Phi) is 16.5. The topological polar surface area (TPSA) is 145 Å². The molecule has 0 aliphatic rings. The van der Waals surface area contributed by atoms with E-state index in [-0.39, 0.29) is 6.61 Å². The van der Waals surface area contributed by atoms with Crippen LogP contribution in [0.4, 0.5) is 14.4 Å². The Labute approximate surface area is 212 Å². The van der Waals surface area contributed by atoms with Crippen molar-refractivity contribution < 1.29 is 38.1 Å². The van der Waals surface area contributed by atoms with Gasteiger partial charge < -0.3 is 34.3 Å². The molecule has 0 unspecified atom stereocenters. The summed E-state index contributed by atoms with van der Waals surface area (Å²) in [7, 11) is 0. The number of carbonyl (C=O) groups excluding carboxylic acids is 3. The van der Waals surface area contributed by atoms with Gasteiger partial charge in [0.15, 0.2) is 0 Å². The van der Waals surface area contributed by atoms with Crippen molar-refractivity contribution in [3.8, 4) is 0 Å². The number of ether oxygens (including phenoxy) is 5. The lowest BCUT2D eigenvalue weighted by molar-refractivity contribution is 0.0139. The zero-order chi connectivity index (χ0) is 26.5. The number of benzene rings is 1. The zero-order valence-electron chi connectivity index (χ0n) is 21.4. The minimum absolute atomic E-state index is 0.243. The molecule has 12 heteroatoms. The normalized spacial score (nSPS) is 10.9. The number of nitrogens with one attached hydrogen (secondary N) is 4. The predicted octanol–water partition coefficient (Wildman–Crippen LogP) is 2.48. The molecule has 0 atom stereocenters. The first-order valence-electron chi connectivity index (χ1n) is 12.0. The molecule has 0 heterocycles. The molecule has 4 amide bonds. The summed E-state index contributed by atoms with van der Waals surface area (Å²) in [6.07, 6.45) is 0.0975. The van der Waals surface area contributed by atoms with Crippen LogP contribution >= 0.6 is 0 Å². The van der Waals surface area contributed by atoms with Crippen LogP contribution in [0.3, 0.4) is 0 Å². The van der Waals surface area contributed by atoms with Gasteiger partial charge in [-0.3, -0.25) is 0 Å². The van der Waals surface area contributed by atoms with Gasteiger partial charge in [0.2, 0.25) is 0 Å². The number of carbonyl (C=O) groups is 3. The van der Waals surface area contributed by atoms with Gasteiger partial charge in [-0.1, -0.05) is 30.3 Å². The van der Waals surface area contributed by atoms with Crippen LogP contribution in [0.15, 0.2) is 30.3 Å². The van der Waals surface area contributed by atoms with Crippen molar-refractivity contribution in [1.82, 2.24) is 21.5 Å². The van der Waals surface area contributed by atoms with Crippen molar-refractivity contribution in [2.75, 3.05) is 52.7 Å². The van der Waals surface area contributed by atoms with Gasteiger partial charge in [-0.2, -0.15) is 0 Å². The maximum atomic E-state index is 11.6. The Morgan fingerprint density at radius 3 is 1.86 bits per heavy atom. The van der Waals surface area contributed by atoms with Gasteiger partial charge in [-0.05, 0) is 39.2 Å². The van der Waals surface area contributed by atoms with Crippen LogP contribution in [0.5, 0.6) is 0 Å². The molecule has 0 saturated carbocycles. The van der Waals surface area contributed by atoms with Crippen LogP contribution in [0.1, 0.15) is 39.2 Å². The Morgan fingerprint density at radius 1 is 0.722 bits per heavy atom. The third kappa shape index (κ3) is 19.2. The van der Waals surface area contributed by atoms with Gasteiger partial charge in [0.05, 0.1) is 26.4 Å². The quantitative estimate of drug-likeness (QED) is 0.195. The maximum absolute atomic E-state index is 11.6. The van der Waals surface area contributed by atoms with E-state index < -0.39 is 23.8 Å². The van der Waals surface area contributed by atoms with E-state index in [9.17, 15) is 14.4 Å². The first kappa shape index (κ1) is 30.9. The standard InChI is InChI=1S/C24H40N4O8/c1-24(2,3)36-23(31)28-27-21(29)25-11-7-13-32-15-17-34-18-16-33-14-8-12-26-22(30)35-19-20-9-5-4-6-10-20/h4-6,9-10H,7-8,11-19H2,1-3H3,(H,26,30)(H,28,31)(H2,25,27,29). The molecule has 4 N–H and O–H groups in total. The molecule has 36 heavy (non-hydrogen) atoms. The van der Waals surface area contributed by atoms with Crippen molar-refractivity contribution in [2.45, 2.75) is 45.8 Å². The summed E-state index contributed by atoms with van der Waals surface area (Å²) in [4.78, 5) is 34.6. The van der Waals surface area contributed by atoms with Gasteiger partial charge in [0.25, 0.3) is 0 Å². The molecular formula is C24H40N4O8. The Bertz CT molecular complexity index is 743. The van der Waals surface area contributed by atoms with E-state index in [2.05, 4.69) is 21.5 Å². The number of alkyl carbamates (subject to hydrolysis) is 1. The number of urea groups is 1. The molecule has 0 spiro atoms. The van der Waals surface area contributed by atoms with Crippen molar-refractivity contribution >= 4 is 18.2 Å². The lowest BCUT2D eigenvalue weighted by Gasteiger charge is -2.19. The molecule has 0 fully saturated rings. The van der Waals surface area contributed by atoms with Crippen LogP contribution in [0.2, 0.25) is 0 Å². The van der Waals surface area contributed by atoms with Crippen molar-refractivity contribution in [1.29, 1.82) is 0 Å². The lowest BCUT2D eigenvalue weighted by atomic mass is 10.2. The first-order chi connectivity index (χ1) is 17.3. The van der Waals surface area contributed by atoms with Crippen molar-refractivity contribution in [3.05, 3.63) is 35.9 Å². The summed E-state index contributed by atoms with van der Waals surface area (Å²) in [5.74, 6) is 0. The second-order valence-electron chi connectivity index (χ2n) is 8.54. The van der Waals surface area contributed by atoms with Crippen LogP contribution in [0.25, 0.3) is 0 Å². The summed E-state index contributed by atoms with van der Waals surface area (Å²) in [5.41, 5.74) is 4.64. The Morgan fingerprint density at radius 2 is 1.28 bits per heavy atom.